The van der Waals surface area contributed by atoms with Gasteiger partial charge in [-0.25, -0.2) is 0 Å². The fourth-order valence-corrected chi connectivity index (χ4v) is 5.02. The van der Waals surface area contributed by atoms with E-state index in [0.717, 1.165) is 43.5 Å². The van der Waals surface area contributed by atoms with Gasteiger partial charge in [0, 0.05) is 42.2 Å². The molecule has 0 radical (unpaired) electrons. The zero-order valence-corrected chi connectivity index (χ0v) is 18.9. The molecule has 1 atom stereocenters. The first-order valence-corrected chi connectivity index (χ1v) is 11.6. The third-order valence-corrected chi connectivity index (χ3v) is 7.03. The zero-order chi connectivity index (χ0) is 23.6. The van der Waals surface area contributed by atoms with Crippen LogP contribution in [-0.4, -0.2) is 47.3 Å². The summed E-state index contributed by atoms with van der Waals surface area (Å²) in [6.45, 7) is 1.57. The van der Waals surface area contributed by atoms with Crippen LogP contribution in [0, 0.1) is 5.92 Å². The molecule has 2 aliphatic rings. The van der Waals surface area contributed by atoms with Gasteiger partial charge in [0.2, 0.25) is 5.91 Å². The van der Waals surface area contributed by atoms with Gasteiger partial charge < -0.3 is 9.80 Å². The molecule has 4 rings (SSSR count). The maximum Gasteiger partial charge on any atom is 0.416 e. The van der Waals surface area contributed by atoms with Crippen LogP contribution in [0.5, 0.6) is 0 Å². The smallest absolute Gasteiger partial charge is 0.339 e. The summed E-state index contributed by atoms with van der Waals surface area (Å²) < 4.78 is 38.3. The fraction of sp³-hybridized carbons (Fsp3) is 0.440. The topological polar surface area (TPSA) is 40.6 Å². The van der Waals surface area contributed by atoms with E-state index in [0.29, 0.717) is 31.0 Å². The Balaban J connectivity index is 1.34. The summed E-state index contributed by atoms with van der Waals surface area (Å²) in [6, 6.07) is 12.1. The number of carbonyl (C=O) groups is 2. The maximum atomic E-state index is 13.2. The molecule has 2 fully saturated rings. The highest BCUT2D eigenvalue weighted by Crippen LogP contribution is 2.31. The van der Waals surface area contributed by atoms with Gasteiger partial charge in [-0.05, 0) is 68.0 Å². The molecular formula is C25H26ClF3N2O2. The summed E-state index contributed by atoms with van der Waals surface area (Å²) in [4.78, 5) is 29.6. The fourth-order valence-electron chi connectivity index (χ4n) is 4.80. The van der Waals surface area contributed by atoms with Crippen molar-refractivity contribution in [3.63, 3.8) is 0 Å². The molecule has 0 saturated carbocycles. The van der Waals surface area contributed by atoms with Crippen LogP contribution in [0.4, 0.5) is 13.2 Å². The van der Waals surface area contributed by atoms with Crippen molar-refractivity contribution >= 4 is 23.4 Å². The van der Waals surface area contributed by atoms with Gasteiger partial charge in [-0.2, -0.15) is 13.2 Å². The zero-order valence-electron chi connectivity index (χ0n) is 18.2. The lowest BCUT2D eigenvalue weighted by atomic mass is 9.93. The van der Waals surface area contributed by atoms with Crippen molar-refractivity contribution in [1.82, 2.24) is 9.80 Å². The minimum Gasteiger partial charge on any atom is -0.339 e. The molecule has 2 aliphatic heterocycles. The molecular weight excluding hydrogens is 453 g/mol. The number of amides is 2. The van der Waals surface area contributed by atoms with E-state index in [4.69, 9.17) is 11.6 Å². The van der Waals surface area contributed by atoms with Gasteiger partial charge in [-0.3, -0.25) is 9.59 Å². The Morgan fingerprint density at radius 1 is 0.939 bits per heavy atom. The second-order valence-electron chi connectivity index (χ2n) is 8.76. The average Bonchev–Trinajstić information content (AvgIpc) is 3.27. The van der Waals surface area contributed by atoms with E-state index in [2.05, 4.69) is 0 Å². The first-order chi connectivity index (χ1) is 15.7. The molecule has 0 aromatic heterocycles. The number of piperidine rings is 1. The molecule has 2 aromatic rings. The molecule has 2 aromatic carbocycles. The minimum absolute atomic E-state index is 0.129. The number of likely N-dealkylation sites (tertiary alicyclic amines) is 2. The van der Waals surface area contributed by atoms with E-state index in [1.54, 1.807) is 4.90 Å². The van der Waals surface area contributed by atoms with Gasteiger partial charge in [0.15, 0.2) is 0 Å². The molecule has 2 heterocycles. The number of alkyl halides is 3. The highest BCUT2D eigenvalue weighted by Gasteiger charge is 2.36. The van der Waals surface area contributed by atoms with E-state index in [1.165, 1.54) is 12.1 Å². The molecule has 0 aliphatic carbocycles. The summed E-state index contributed by atoms with van der Waals surface area (Å²) in [6.07, 6.45) is -0.675. The van der Waals surface area contributed by atoms with Crippen LogP contribution in [0.15, 0.2) is 48.5 Å². The number of hydrogen-bond acceptors (Lipinski definition) is 2. The Hall–Kier alpha value is -2.54. The van der Waals surface area contributed by atoms with Crippen molar-refractivity contribution in [3.8, 4) is 0 Å². The number of halogens is 4. The van der Waals surface area contributed by atoms with Crippen LogP contribution < -0.4 is 0 Å². The highest BCUT2D eigenvalue weighted by atomic mass is 35.5. The predicted molar refractivity (Wildman–Crippen MR) is 120 cm³/mol. The molecule has 176 valence electrons. The number of hydrogen-bond donors (Lipinski definition) is 0. The molecule has 0 spiro atoms. The largest absolute Gasteiger partial charge is 0.416 e. The Morgan fingerprint density at radius 3 is 2.24 bits per heavy atom. The lowest BCUT2D eigenvalue weighted by Gasteiger charge is -2.35. The van der Waals surface area contributed by atoms with Crippen molar-refractivity contribution < 1.29 is 22.8 Å². The Bertz CT molecular complexity index is 1000. The van der Waals surface area contributed by atoms with Gasteiger partial charge in [-0.1, -0.05) is 29.8 Å². The van der Waals surface area contributed by atoms with Gasteiger partial charge in [0.1, 0.15) is 0 Å². The van der Waals surface area contributed by atoms with E-state index in [-0.39, 0.29) is 29.3 Å². The Kier molecular flexibility index (Phi) is 6.98. The van der Waals surface area contributed by atoms with Gasteiger partial charge in [-0.15, -0.1) is 0 Å². The molecule has 1 unspecified atom stereocenters. The third kappa shape index (κ3) is 5.35. The van der Waals surface area contributed by atoms with E-state index in [1.807, 2.05) is 29.2 Å². The molecule has 33 heavy (non-hydrogen) atoms. The van der Waals surface area contributed by atoms with Crippen molar-refractivity contribution in [2.24, 2.45) is 5.92 Å². The number of rotatable bonds is 4. The summed E-state index contributed by atoms with van der Waals surface area (Å²) >= 11 is 6.31. The van der Waals surface area contributed by atoms with Gasteiger partial charge in [0.25, 0.3) is 5.91 Å². The van der Waals surface area contributed by atoms with Crippen LogP contribution in [0.3, 0.4) is 0 Å². The molecule has 2 amide bonds. The summed E-state index contributed by atoms with van der Waals surface area (Å²) in [5.41, 5.74) is 0.494. The Morgan fingerprint density at radius 2 is 1.61 bits per heavy atom. The molecule has 0 bridgehead atoms. The minimum atomic E-state index is -4.43. The quantitative estimate of drug-likeness (QED) is 0.586. The van der Waals surface area contributed by atoms with Gasteiger partial charge in [0.05, 0.1) is 5.56 Å². The number of nitrogens with zero attached hydrogens (tertiary/aromatic N) is 2. The van der Waals surface area contributed by atoms with E-state index in [9.17, 15) is 22.8 Å². The second-order valence-corrected chi connectivity index (χ2v) is 9.17. The summed E-state index contributed by atoms with van der Waals surface area (Å²) in [7, 11) is 0. The molecule has 2 saturated heterocycles. The summed E-state index contributed by atoms with van der Waals surface area (Å²) in [5.74, 6) is -0.313. The SMILES string of the molecule is O=C(c1ccc(C(F)(F)F)cc1)N1CCC(C(=O)N2CCCC2Cc2ccccc2Cl)CC1. The van der Waals surface area contributed by atoms with E-state index < -0.39 is 11.7 Å². The molecule has 0 N–H and O–H groups in total. The average molecular weight is 479 g/mol. The van der Waals surface area contributed by atoms with E-state index >= 15 is 0 Å². The highest BCUT2D eigenvalue weighted by molar-refractivity contribution is 6.31. The lowest BCUT2D eigenvalue weighted by molar-refractivity contribution is -0.138. The third-order valence-electron chi connectivity index (χ3n) is 6.66. The first kappa shape index (κ1) is 23.6. The Labute approximate surface area is 196 Å². The number of carbonyl (C=O) groups excluding carboxylic acids is 2. The van der Waals surface area contributed by atoms with Crippen LogP contribution in [0.25, 0.3) is 0 Å². The van der Waals surface area contributed by atoms with Crippen molar-refractivity contribution in [1.29, 1.82) is 0 Å². The van der Waals surface area contributed by atoms with Crippen LogP contribution in [-0.2, 0) is 17.4 Å². The van der Waals surface area contributed by atoms with Gasteiger partial charge >= 0.3 is 6.18 Å². The number of benzene rings is 2. The second kappa shape index (κ2) is 9.75. The van der Waals surface area contributed by atoms with Crippen molar-refractivity contribution in [3.05, 3.63) is 70.2 Å². The van der Waals surface area contributed by atoms with Crippen LogP contribution in [0.1, 0.15) is 47.2 Å². The molecule has 4 nitrogen and oxygen atoms in total. The van der Waals surface area contributed by atoms with Crippen molar-refractivity contribution in [2.45, 2.75) is 44.3 Å². The lowest BCUT2D eigenvalue weighted by Crippen LogP contribution is -2.46. The molecule has 8 heteroatoms. The monoisotopic (exact) mass is 478 g/mol. The maximum absolute atomic E-state index is 13.2. The van der Waals surface area contributed by atoms with Crippen LogP contribution in [0.2, 0.25) is 5.02 Å². The summed E-state index contributed by atoms with van der Waals surface area (Å²) in [5, 5.41) is 0.715. The normalized spacial score (nSPS) is 19.7. The predicted octanol–water partition coefficient (Wildman–Crippen LogP) is 5.44. The van der Waals surface area contributed by atoms with Crippen LogP contribution >= 0.6 is 11.6 Å². The standard InChI is InChI=1S/C25H26ClF3N2O2/c26-22-6-2-1-4-19(22)16-21-5-3-13-31(21)24(33)18-11-14-30(15-12-18)23(32)17-7-9-20(10-8-17)25(27,28)29/h1-2,4,6-10,18,21H,3,5,11-16H2. The first-order valence-electron chi connectivity index (χ1n) is 11.2. The van der Waals surface area contributed by atoms with Crippen molar-refractivity contribution in [2.75, 3.05) is 19.6 Å².